The number of thioether (sulfide) groups is 1. The van der Waals surface area contributed by atoms with E-state index in [1.165, 1.54) is 49.9 Å². The second-order valence-electron chi connectivity index (χ2n) is 5.10. The van der Waals surface area contributed by atoms with Crippen LogP contribution in [0.1, 0.15) is 32.1 Å². The highest BCUT2D eigenvalue weighted by Gasteiger charge is 2.14. The number of carbonyl (C=O) groups is 1. The zero-order valence-corrected chi connectivity index (χ0v) is 12.3. The number of nitrogens with one attached hydrogen (secondary N) is 1. The zero-order valence-electron chi connectivity index (χ0n) is 11.5. The molecule has 1 saturated carbocycles. The number of nitrogen functional groups attached to an aromatic ring is 2. The molecule has 5 N–H and O–H groups in total. The topological polar surface area (TPSA) is 107 Å². The minimum atomic E-state index is 0.00479. The van der Waals surface area contributed by atoms with Gasteiger partial charge in [0.15, 0.2) is 5.16 Å². The van der Waals surface area contributed by atoms with Crippen molar-refractivity contribution in [3.05, 3.63) is 6.07 Å². The van der Waals surface area contributed by atoms with Crippen LogP contribution in [0.5, 0.6) is 0 Å². The van der Waals surface area contributed by atoms with Gasteiger partial charge >= 0.3 is 0 Å². The molecule has 0 saturated heterocycles. The van der Waals surface area contributed by atoms with E-state index in [2.05, 4.69) is 15.3 Å². The van der Waals surface area contributed by atoms with Crippen molar-refractivity contribution in [2.45, 2.75) is 37.3 Å². The third-order valence-corrected chi connectivity index (χ3v) is 4.24. The lowest BCUT2D eigenvalue weighted by molar-refractivity contribution is -0.118. The number of nitrogens with zero attached hydrogens (tertiary/aromatic N) is 2. The first-order valence-electron chi connectivity index (χ1n) is 6.93. The summed E-state index contributed by atoms with van der Waals surface area (Å²) in [6.45, 7) is 0.777. The van der Waals surface area contributed by atoms with Gasteiger partial charge in [-0.1, -0.05) is 31.0 Å². The molecule has 1 aromatic rings. The molecule has 20 heavy (non-hydrogen) atoms. The van der Waals surface area contributed by atoms with Crippen LogP contribution in [0.2, 0.25) is 0 Å². The number of hydrogen-bond acceptors (Lipinski definition) is 6. The van der Waals surface area contributed by atoms with Gasteiger partial charge in [-0.15, -0.1) is 0 Å². The molecule has 1 fully saturated rings. The fourth-order valence-corrected chi connectivity index (χ4v) is 3.06. The fraction of sp³-hybridized carbons (Fsp3) is 0.615. The molecule has 6 nitrogen and oxygen atoms in total. The van der Waals surface area contributed by atoms with Crippen LogP contribution in [0.15, 0.2) is 11.2 Å². The largest absolute Gasteiger partial charge is 0.383 e. The minimum Gasteiger partial charge on any atom is -0.383 e. The maximum atomic E-state index is 11.8. The molecule has 0 atom stereocenters. The van der Waals surface area contributed by atoms with Crippen molar-refractivity contribution in [2.75, 3.05) is 23.8 Å². The molecule has 1 amide bonds. The van der Waals surface area contributed by atoms with E-state index < -0.39 is 0 Å². The van der Waals surface area contributed by atoms with Gasteiger partial charge in [0, 0.05) is 12.6 Å². The van der Waals surface area contributed by atoms with Crippen LogP contribution < -0.4 is 16.8 Å². The number of rotatable bonds is 5. The maximum absolute atomic E-state index is 11.8. The van der Waals surface area contributed by atoms with Crippen LogP contribution >= 0.6 is 11.8 Å². The van der Waals surface area contributed by atoms with Crippen LogP contribution in [-0.4, -0.2) is 28.2 Å². The van der Waals surface area contributed by atoms with Crippen LogP contribution in [0, 0.1) is 5.92 Å². The SMILES string of the molecule is Nc1cc(N)nc(SCC(=O)NCC2CCCCC2)n1. The lowest BCUT2D eigenvalue weighted by Crippen LogP contribution is -2.31. The van der Waals surface area contributed by atoms with Gasteiger partial charge in [0.2, 0.25) is 5.91 Å². The first kappa shape index (κ1) is 14.9. The van der Waals surface area contributed by atoms with E-state index in [-0.39, 0.29) is 11.7 Å². The summed E-state index contributed by atoms with van der Waals surface area (Å²) in [5.74, 6) is 1.57. The number of nitrogens with two attached hydrogens (primary N) is 2. The normalized spacial score (nSPS) is 16.0. The summed E-state index contributed by atoms with van der Waals surface area (Å²) in [7, 11) is 0. The second kappa shape index (κ2) is 7.33. The monoisotopic (exact) mass is 295 g/mol. The molecule has 2 rings (SSSR count). The molecule has 110 valence electrons. The molecule has 0 radical (unpaired) electrons. The van der Waals surface area contributed by atoms with E-state index in [0.29, 0.717) is 22.7 Å². The molecule has 1 aliphatic rings. The Bertz CT molecular complexity index is 442. The summed E-state index contributed by atoms with van der Waals surface area (Å²) in [5, 5.41) is 3.41. The maximum Gasteiger partial charge on any atom is 0.230 e. The van der Waals surface area contributed by atoms with Crippen LogP contribution in [0.3, 0.4) is 0 Å². The Kier molecular flexibility index (Phi) is 5.46. The lowest BCUT2D eigenvalue weighted by atomic mass is 9.89. The molecule has 1 aliphatic carbocycles. The Morgan fingerprint density at radius 2 is 1.90 bits per heavy atom. The highest BCUT2D eigenvalue weighted by Crippen LogP contribution is 2.22. The third-order valence-electron chi connectivity index (χ3n) is 3.39. The predicted octanol–water partition coefficient (Wildman–Crippen LogP) is 1.43. The summed E-state index contributed by atoms with van der Waals surface area (Å²) in [6, 6.07) is 1.49. The molecule has 0 bridgehead atoms. The Balaban J connectivity index is 1.71. The number of carbonyl (C=O) groups excluding carboxylic acids is 1. The van der Waals surface area contributed by atoms with Crippen molar-refractivity contribution in [2.24, 2.45) is 5.92 Å². The van der Waals surface area contributed by atoms with Gasteiger partial charge in [-0.2, -0.15) is 0 Å². The van der Waals surface area contributed by atoms with Gasteiger partial charge in [0.25, 0.3) is 0 Å². The summed E-state index contributed by atoms with van der Waals surface area (Å²) in [5.41, 5.74) is 11.2. The number of hydrogen-bond donors (Lipinski definition) is 3. The van der Waals surface area contributed by atoms with E-state index in [9.17, 15) is 4.79 Å². The molecule has 1 aromatic heterocycles. The molecule has 0 unspecified atom stereocenters. The summed E-state index contributed by atoms with van der Waals surface area (Å²) in [4.78, 5) is 19.8. The van der Waals surface area contributed by atoms with Crippen molar-refractivity contribution in [3.8, 4) is 0 Å². The molecule has 7 heteroatoms. The second-order valence-corrected chi connectivity index (χ2v) is 6.04. The third kappa shape index (κ3) is 4.88. The highest BCUT2D eigenvalue weighted by molar-refractivity contribution is 7.99. The zero-order chi connectivity index (χ0) is 14.4. The van der Waals surface area contributed by atoms with E-state index in [0.717, 1.165) is 6.54 Å². The molecule has 0 spiro atoms. The molecule has 0 aliphatic heterocycles. The Morgan fingerprint density at radius 1 is 1.25 bits per heavy atom. The molecular weight excluding hydrogens is 274 g/mol. The average Bonchev–Trinajstić information content (AvgIpc) is 2.43. The molecular formula is C13H21N5OS. The van der Waals surface area contributed by atoms with Crippen LogP contribution in [0.25, 0.3) is 0 Å². The summed E-state index contributed by atoms with van der Waals surface area (Å²) in [6.07, 6.45) is 6.34. The Hall–Kier alpha value is -1.50. The van der Waals surface area contributed by atoms with E-state index in [4.69, 9.17) is 11.5 Å². The smallest absolute Gasteiger partial charge is 0.230 e. The van der Waals surface area contributed by atoms with Gasteiger partial charge in [-0.25, -0.2) is 9.97 Å². The van der Waals surface area contributed by atoms with Gasteiger partial charge in [0.05, 0.1) is 5.75 Å². The van der Waals surface area contributed by atoms with Crippen molar-refractivity contribution < 1.29 is 4.79 Å². The van der Waals surface area contributed by atoms with Crippen molar-refractivity contribution in [3.63, 3.8) is 0 Å². The van der Waals surface area contributed by atoms with Crippen LogP contribution in [0.4, 0.5) is 11.6 Å². The van der Waals surface area contributed by atoms with Gasteiger partial charge in [0.1, 0.15) is 11.6 Å². The van der Waals surface area contributed by atoms with E-state index in [1.807, 2.05) is 0 Å². The van der Waals surface area contributed by atoms with Crippen molar-refractivity contribution in [1.29, 1.82) is 0 Å². The van der Waals surface area contributed by atoms with E-state index in [1.54, 1.807) is 0 Å². The standard InChI is InChI=1S/C13H21N5OS/c14-10-6-11(15)18-13(17-10)20-8-12(19)16-7-9-4-2-1-3-5-9/h6,9H,1-5,7-8H2,(H,16,19)(H4,14,15,17,18). The first-order chi connectivity index (χ1) is 9.63. The number of amides is 1. The van der Waals surface area contributed by atoms with Gasteiger partial charge in [-0.3, -0.25) is 4.79 Å². The van der Waals surface area contributed by atoms with Crippen molar-refractivity contribution in [1.82, 2.24) is 15.3 Å². The highest BCUT2D eigenvalue weighted by atomic mass is 32.2. The first-order valence-corrected chi connectivity index (χ1v) is 7.91. The quantitative estimate of drug-likeness (QED) is 0.560. The Morgan fingerprint density at radius 3 is 2.55 bits per heavy atom. The Labute approximate surface area is 123 Å². The number of aromatic nitrogens is 2. The van der Waals surface area contributed by atoms with Crippen molar-refractivity contribution >= 4 is 29.3 Å². The van der Waals surface area contributed by atoms with E-state index >= 15 is 0 Å². The molecule has 0 aromatic carbocycles. The molecule has 1 heterocycles. The minimum absolute atomic E-state index is 0.00479. The summed E-state index contributed by atoms with van der Waals surface area (Å²) < 4.78 is 0. The van der Waals surface area contributed by atoms with Gasteiger partial charge < -0.3 is 16.8 Å². The fourth-order valence-electron chi connectivity index (χ4n) is 2.36. The summed E-state index contributed by atoms with van der Waals surface area (Å²) >= 11 is 1.25. The average molecular weight is 295 g/mol. The van der Waals surface area contributed by atoms with Crippen LogP contribution in [-0.2, 0) is 4.79 Å². The van der Waals surface area contributed by atoms with Gasteiger partial charge in [-0.05, 0) is 18.8 Å². The predicted molar refractivity (Wildman–Crippen MR) is 81.2 cm³/mol. The number of anilines is 2. The lowest BCUT2D eigenvalue weighted by Gasteiger charge is -2.21.